The largest absolute Gasteiger partial charge is 0.392 e. The standard InChI is InChI=1S/C4H9NO.2ClH/c6-4-1-2-5-3-4;;/h4-6H,1-3H2;2*1H. The van der Waals surface area contributed by atoms with Crippen molar-refractivity contribution in [1.82, 2.24) is 5.32 Å². The van der Waals surface area contributed by atoms with E-state index < -0.39 is 0 Å². The van der Waals surface area contributed by atoms with E-state index in [2.05, 4.69) is 5.32 Å². The van der Waals surface area contributed by atoms with Gasteiger partial charge in [-0.1, -0.05) is 0 Å². The summed E-state index contributed by atoms with van der Waals surface area (Å²) in [5, 5.41) is 11.7. The van der Waals surface area contributed by atoms with Crippen LogP contribution in [0.15, 0.2) is 0 Å². The summed E-state index contributed by atoms with van der Waals surface area (Å²) in [6, 6.07) is 0. The second-order valence-electron chi connectivity index (χ2n) is 1.65. The molecule has 1 aliphatic rings. The molecular weight excluding hydrogens is 149 g/mol. The first-order valence-electron chi connectivity index (χ1n) is 2.28. The summed E-state index contributed by atoms with van der Waals surface area (Å²) in [5.74, 6) is 0. The minimum Gasteiger partial charge on any atom is -0.392 e. The zero-order chi connectivity index (χ0) is 4.41. The van der Waals surface area contributed by atoms with Crippen LogP contribution in [0.5, 0.6) is 0 Å². The Morgan fingerprint density at radius 1 is 1.38 bits per heavy atom. The lowest BCUT2D eigenvalue weighted by molar-refractivity contribution is 0.196. The number of halogens is 2. The van der Waals surface area contributed by atoms with E-state index in [0.717, 1.165) is 19.5 Å². The number of aliphatic hydroxyl groups excluding tert-OH is 1. The van der Waals surface area contributed by atoms with E-state index in [4.69, 9.17) is 5.11 Å². The molecule has 1 heterocycles. The van der Waals surface area contributed by atoms with E-state index >= 15 is 0 Å². The highest BCUT2D eigenvalue weighted by Crippen LogP contribution is 1.93. The van der Waals surface area contributed by atoms with Gasteiger partial charge in [0.15, 0.2) is 0 Å². The molecule has 0 amide bonds. The monoisotopic (exact) mass is 159 g/mol. The molecule has 8 heavy (non-hydrogen) atoms. The van der Waals surface area contributed by atoms with Gasteiger partial charge in [-0.3, -0.25) is 0 Å². The van der Waals surface area contributed by atoms with Gasteiger partial charge in [-0.05, 0) is 13.0 Å². The summed E-state index contributed by atoms with van der Waals surface area (Å²) in [5.41, 5.74) is 0. The van der Waals surface area contributed by atoms with E-state index in [1.165, 1.54) is 0 Å². The second-order valence-corrected chi connectivity index (χ2v) is 1.65. The van der Waals surface area contributed by atoms with E-state index in [0.29, 0.717) is 0 Å². The van der Waals surface area contributed by atoms with Gasteiger partial charge in [0.05, 0.1) is 6.10 Å². The number of rotatable bonds is 0. The molecule has 1 saturated heterocycles. The molecule has 1 unspecified atom stereocenters. The van der Waals surface area contributed by atoms with Crippen molar-refractivity contribution in [3.8, 4) is 0 Å². The van der Waals surface area contributed by atoms with Crippen molar-refractivity contribution in [2.75, 3.05) is 13.1 Å². The Hall–Kier alpha value is 0.500. The summed E-state index contributed by atoms with van der Waals surface area (Å²) >= 11 is 0. The predicted octanol–water partition coefficient (Wildman–Crippen LogP) is 0.184. The summed E-state index contributed by atoms with van der Waals surface area (Å²) in [4.78, 5) is 0. The van der Waals surface area contributed by atoms with E-state index in [1.807, 2.05) is 0 Å². The van der Waals surface area contributed by atoms with Crippen molar-refractivity contribution < 1.29 is 5.11 Å². The van der Waals surface area contributed by atoms with Crippen LogP contribution in [0.2, 0.25) is 0 Å². The molecule has 2 nitrogen and oxygen atoms in total. The van der Waals surface area contributed by atoms with Crippen LogP contribution >= 0.6 is 24.8 Å². The zero-order valence-electron chi connectivity index (χ0n) is 4.46. The van der Waals surface area contributed by atoms with Crippen molar-refractivity contribution in [2.45, 2.75) is 12.5 Å². The van der Waals surface area contributed by atoms with Gasteiger partial charge in [0.25, 0.3) is 0 Å². The number of hydrogen-bond donors (Lipinski definition) is 2. The Balaban J connectivity index is 0. The first-order chi connectivity index (χ1) is 2.89. The zero-order valence-corrected chi connectivity index (χ0v) is 6.10. The normalized spacial score (nSPS) is 25.9. The summed E-state index contributed by atoms with van der Waals surface area (Å²) in [7, 11) is 0. The smallest absolute Gasteiger partial charge is 0.0676 e. The highest BCUT2D eigenvalue weighted by atomic mass is 35.5. The molecule has 2 N–H and O–H groups in total. The highest BCUT2D eigenvalue weighted by molar-refractivity contribution is 5.85. The van der Waals surface area contributed by atoms with Crippen LogP contribution in [0.25, 0.3) is 0 Å². The van der Waals surface area contributed by atoms with Crippen LogP contribution in [0, 0.1) is 0 Å². The molecule has 0 spiro atoms. The van der Waals surface area contributed by atoms with Crippen LogP contribution in [-0.2, 0) is 0 Å². The lowest BCUT2D eigenvalue weighted by Gasteiger charge is -1.90. The van der Waals surface area contributed by atoms with Crippen LogP contribution in [0.1, 0.15) is 6.42 Å². The molecule has 1 rings (SSSR count). The van der Waals surface area contributed by atoms with E-state index in [9.17, 15) is 0 Å². The molecule has 0 aliphatic carbocycles. The van der Waals surface area contributed by atoms with Gasteiger partial charge < -0.3 is 10.4 Å². The molecule has 0 saturated carbocycles. The fourth-order valence-electron chi connectivity index (χ4n) is 0.639. The number of β-amino-alcohol motifs (C(OH)–C–C–N with tert-alkyl or cyclic N) is 1. The molecule has 1 aliphatic heterocycles. The summed E-state index contributed by atoms with van der Waals surface area (Å²) < 4.78 is 0. The van der Waals surface area contributed by atoms with Gasteiger partial charge in [-0.15, -0.1) is 24.8 Å². The Labute approximate surface area is 61.5 Å². The Bertz CT molecular complexity index is 47.3. The van der Waals surface area contributed by atoms with Crippen LogP contribution in [0.4, 0.5) is 0 Å². The number of aliphatic hydroxyl groups is 1. The maximum Gasteiger partial charge on any atom is 0.0676 e. The molecule has 1 atom stereocenters. The Kier molecular flexibility index (Phi) is 7.97. The number of nitrogens with one attached hydrogen (secondary N) is 1. The predicted molar refractivity (Wildman–Crippen MR) is 38.0 cm³/mol. The van der Waals surface area contributed by atoms with Gasteiger partial charge >= 0.3 is 0 Å². The van der Waals surface area contributed by atoms with Crippen molar-refractivity contribution in [2.24, 2.45) is 0 Å². The number of hydrogen-bond acceptors (Lipinski definition) is 2. The van der Waals surface area contributed by atoms with Crippen molar-refractivity contribution in [3.63, 3.8) is 0 Å². The molecule has 1 fully saturated rings. The Morgan fingerprint density at radius 2 is 2.00 bits per heavy atom. The quantitative estimate of drug-likeness (QED) is 0.530. The van der Waals surface area contributed by atoms with Crippen LogP contribution < -0.4 is 5.32 Å². The minimum atomic E-state index is -0.0648. The molecule has 0 aromatic rings. The lowest BCUT2D eigenvalue weighted by atomic mass is 10.3. The van der Waals surface area contributed by atoms with Gasteiger partial charge in [0.2, 0.25) is 0 Å². The third kappa shape index (κ3) is 3.50. The molecule has 0 radical (unpaired) electrons. The molecule has 0 aromatic carbocycles. The van der Waals surface area contributed by atoms with Crippen LogP contribution in [-0.4, -0.2) is 24.3 Å². The third-order valence-electron chi connectivity index (χ3n) is 1.03. The highest BCUT2D eigenvalue weighted by Gasteiger charge is 2.08. The van der Waals surface area contributed by atoms with Gasteiger partial charge in [-0.25, -0.2) is 0 Å². The lowest BCUT2D eigenvalue weighted by Crippen LogP contribution is -2.11. The molecule has 4 heteroatoms. The maximum atomic E-state index is 8.67. The topological polar surface area (TPSA) is 32.3 Å². The maximum absolute atomic E-state index is 8.67. The SMILES string of the molecule is Cl.Cl.OC1CCNC1. The van der Waals surface area contributed by atoms with Crippen molar-refractivity contribution in [3.05, 3.63) is 0 Å². The fraction of sp³-hybridized carbons (Fsp3) is 1.00. The van der Waals surface area contributed by atoms with E-state index in [-0.39, 0.29) is 30.9 Å². The Morgan fingerprint density at radius 3 is 2.12 bits per heavy atom. The molecule has 0 bridgehead atoms. The van der Waals surface area contributed by atoms with Crippen molar-refractivity contribution >= 4 is 24.8 Å². The molecule has 0 aromatic heterocycles. The first-order valence-corrected chi connectivity index (χ1v) is 2.28. The minimum absolute atomic E-state index is 0. The fourth-order valence-corrected chi connectivity index (χ4v) is 0.639. The summed E-state index contributed by atoms with van der Waals surface area (Å²) in [6.45, 7) is 1.78. The molecule has 52 valence electrons. The first kappa shape index (κ1) is 11.3. The van der Waals surface area contributed by atoms with Gasteiger partial charge in [0, 0.05) is 6.54 Å². The van der Waals surface area contributed by atoms with Crippen LogP contribution in [0.3, 0.4) is 0 Å². The average molecular weight is 160 g/mol. The second kappa shape index (κ2) is 5.63. The average Bonchev–Trinajstić information content (AvgIpc) is 1.86. The van der Waals surface area contributed by atoms with Gasteiger partial charge in [-0.2, -0.15) is 0 Å². The third-order valence-corrected chi connectivity index (χ3v) is 1.03. The molecular formula is C4H11Cl2NO. The van der Waals surface area contributed by atoms with Gasteiger partial charge in [0.1, 0.15) is 0 Å². The van der Waals surface area contributed by atoms with Crippen molar-refractivity contribution in [1.29, 1.82) is 0 Å². The summed E-state index contributed by atoms with van der Waals surface area (Å²) in [6.07, 6.45) is 0.866. The van der Waals surface area contributed by atoms with E-state index in [1.54, 1.807) is 0 Å².